The Labute approximate surface area is 136 Å². The summed E-state index contributed by atoms with van der Waals surface area (Å²) in [5.74, 6) is 0. The van der Waals surface area contributed by atoms with Crippen LogP contribution in [-0.2, 0) is 19.3 Å². The van der Waals surface area contributed by atoms with Gasteiger partial charge in [0.05, 0.1) is 0 Å². The lowest BCUT2D eigenvalue weighted by atomic mass is 9.96. The zero-order chi connectivity index (χ0) is 14.8. The Bertz CT molecular complexity index is 652. The first-order valence-corrected chi connectivity index (χ1v) is 8.16. The third kappa shape index (κ3) is 3.26. The molecule has 1 unspecified atom stereocenters. The van der Waals surface area contributed by atoms with Crippen LogP contribution >= 0.6 is 23.2 Å². The van der Waals surface area contributed by atoms with E-state index in [9.17, 15) is 0 Å². The maximum Gasteiger partial charge on any atom is 0.0454 e. The molecule has 0 radical (unpaired) electrons. The van der Waals surface area contributed by atoms with Gasteiger partial charge in [-0.25, -0.2) is 0 Å². The molecule has 0 aliphatic heterocycles. The molecule has 0 amide bonds. The monoisotopic (exact) mass is 319 g/mol. The minimum atomic E-state index is 0.177. The molecule has 0 aromatic heterocycles. The van der Waals surface area contributed by atoms with Crippen molar-refractivity contribution in [2.24, 2.45) is 0 Å². The van der Waals surface area contributed by atoms with Crippen LogP contribution in [0, 0.1) is 0 Å². The molecule has 21 heavy (non-hydrogen) atoms. The van der Waals surface area contributed by atoms with E-state index in [0.717, 1.165) is 22.0 Å². The fourth-order valence-corrected chi connectivity index (χ4v) is 3.57. The van der Waals surface area contributed by atoms with Gasteiger partial charge in [-0.05, 0) is 73.2 Å². The van der Waals surface area contributed by atoms with Gasteiger partial charge in [0, 0.05) is 16.1 Å². The van der Waals surface area contributed by atoms with Gasteiger partial charge in [0.1, 0.15) is 0 Å². The Hall–Kier alpha value is -1.02. The smallest absolute Gasteiger partial charge is 0.0454 e. The minimum Gasteiger partial charge on any atom is -0.313 e. The normalized spacial score (nSPS) is 15.0. The number of hydrogen-bond acceptors (Lipinski definition) is 1. The van der Waals surface area contributed by atoms with Crippen molar-refractivity contribution in [2.75, 3.05) is 7.05 Å². The molecule has 3 heteroatoms. The first kappa shape index (κ1) is 14.9. The lowest BCUT2D eigenvalue weighted by Crippen LogP contribution is -2.19. The van der Waals surface area contributed by atoms with Gasteiger partial charge in [-0.2, -0.15) is 0 Å². The van der Waals surface area contributed by atoms with E-state index in [-0.39, 0.29) is 6.04 Å². The molecule has 0 fully saturated rings. The Morgan fingerprint density at radius 2 is 1.86 bits per heavy atom. The van der Waals surface area contributed by atoms with Crippen LogP contribution in [0.2, 0.25) is 10.0 Å². The third-order valence-corrected chi connectivity index (χ3v) is 4.86. The molecule has 0 saturated heterocycles. The summed E-state index contributed by atoms with van der Waals surface area (Å²) in [7, 11) is 1.97. The Morgan fingerprint density at radius 1 is 1.05 bits per heavy atom. The molecule has 3 rings (SSSR count). The number of rotatable bonds is 4. The topological polar surface area (TPSA) is 12.0 Å². The highest BCUT2D eigenvalue weighted by Gasteiger charge is 2.16. The number of benzene rings is 2. The second-order valence-corrected chi connectivity index (χ2v) is 6.51. The molecule has 2 aromatic carbocycles. The summed E-state index contributed by atoms with van der Waals surface area (Å²) in [5, 5.41) is 4.85. The van der Waals surface area contributed by atoms with E-state index in [1.54, 1.807) is 0 Å². The quantitative estimate of drug-likeness (QED) is 0.837. The Balaban J connectivity index is 1.86. The first-order chi connectivity index (χ1) is 10.2. The van der Waals surface area contributed by atoms with Crippen LogP contribution in [0.4, 0.5) is 0 Å². The SMILES string of the molecule is CNC(Cc1ccc2c(c1)CCC2)c1cc(Cl)ccc1Cl. The first-order valence-electron chi connectivity index (χ1n) is 7.40. The van der Waals surface area contributed by atoms with Crippen molar-refractivity contribution in [1.29, 1.82) is 0 Å². The van der Waals surface area contributed by atoms with Crippen LogP contribution < -0.4 is 5.32 Å². The molecule has 2 aromatic rings. The molecule has 1 nitrogen and oxygen atoms in total. The number of hydrogen-bond donors (Lipinski definition) is 1. The van der Waals surface area contributed by atoms with Crippen molar-refractivity contribution in [2.45, 2.75) is 31.7 Å². The fourth-order valence-electron chi connectivity index (χ4n) is 3.14. The van der Waals surface area contributed by atoms with E-state index in [2.05, 4.69) is 23.5 Å². The van der Waals surface area contributed by atoms with Crippen molar-refractivity contribution in [3.63, 3.8) is 0 Å². The van der Waals surface area contributed by atoms with E-state index in [0.29, 0.717) is 0 Å². The predicted octanol–water partition coefficient (Wildman–Crippen LogP) is 4.99. The maximum absolute atomic E-state index is 6.33. The lowest BCUT2D eigenvalue weighted by molar-refractivity contribution is 0.592. The fraction of sp³-hybridized carbons (Fsp3) is 0.333. The van der Waals surface area contributed by atoms with Crippen molar-refractivity contribution in [3.05, 3.63) is 68.7 Å². The summed E-state index contributed by atoms with van der Waals surface area (Å²) in [6.45, 7) is 0. The molecule has 0 spiro atoms. The van der Waals surface area contributed by atoms with E-state index in [1.165, 1.54) is 36.0 Å². The van der Waals surface area contributed by atoms with Crippen LogP contribution in [-0.4, -0.2) is 7.05 Å². The summed E-state index contributed by atoms with van der Waals surface area (Å²) >= 11 is 12.4. The van der Waals surface area contributed by atoms with Crippen LogP contribution in [0.1, 0.15) is 34.7 Å². The molecule has 0 saturated carbocycles. The van der Waals surface area contributed by atoms with E-state index in [4.69, 9.17) is 23.2 Å². The average molecular weight is 320 g/mol. The molecule has 0 heterocycles. The highest BCUT2D eigenvalue weighted by atomic mass is 35.5. The number of fused-ring (bicyclic) bond motifs is 1. The summed E-state index contributed by atoms with van der Waals surface area (Å²) < 4.78 is 0. The van der Waals surface area contributed by atoms with Crippen molar-refractivity contribution in [3.8, 4) is 0 Å². The third-order valence-electron chi connectivity index (χ3n) is 4.28. The largest absolute Gasteiger partial charge is 0.313 e. The van der Waals surface area contributed by atoms with Crippen molar-refractivity contribution >= 4 is 23.2 Å². The van der Waals surface area contributed by atoms with Gasteiger partial charge in [0.15, 0.2) is 0 Å². The molecule has 1 aliphatic rings. The molecule has 1 N–H and O–H groups in total. The average Bonchev–Trinajstić information content (AvgIpc) is 2.95. The van der Waals surface area contributed by atoms with Gasteiger partial charge in [0.2, 0.25) is 0 Å². The van der Waals surface area contributed by atoms with Gasteiger partial charge < -0.3 is 5.32 Å². The summed E-state index contributed by atoms with van der Waals surface area (Å²) in [4.78, 5) is 0. The number of likely N-dealkylation sites (N-methyl/N-ethyl adjacent to an activating group) is 1. The summed E-state index contributed by atoms with van der Waals surface area (Å²) in [5.41, 5.74) is 5.44. The van der Waals surface area contributed by atoms with Gasteiger partial charge in [-0.3, -0.25) is 0 Å². The second-order valence-electron chi connectivity index (χ2n) is 5.67. The Morgan fingerprint density at radius 3 is 2.67 bits per heavy atom. The standard InChI is InChI=1S/C18H19Cl2N/c1-21-18(16-11-15(19)7-8-17(16)20)10-12-5-6-13-3-2-4-14(13)9-12/h5-9,11,18,21H,2-4,10H2,1H3. The van der Waals surface area contributed by atoms with Crippen LogP contribution in [0.5, 0.6) is 0 Å². The van der Waals surface area contributed by atoms with Crippen LogP contribution in [0.15, 0.2) is 36.4 Å². The lowest BCUT2D eigenvalue weighted by Gasteiger charge is -2.19. The molecule has 1 atom stereocenters. The zero-order valence-electron chi connectivity index (χ0n) is 12.1. The molecular formula is C18H19Cl2N. The molecule has 0 bridgehead atoms. The van der Waals surface area contributed by atoms with Crippen molar-refractivity contribution in [1.82, 2.24) is 5.32 Å². The Kier molecular flexibility index (Phi) is 4.54. The van der Waals surface area contributed by atoms with E-state index < -0.39 is 0 Å². The summed E-state index contributed by atoms with van der Waals surface area (Å²) in [6.07, 6.45) is 4.65. The summed E-state index contributed by atoms with van der Waals surface area (Å²) in [6, 6.07) is 12.7. The highest BCUT2D eigenvalue weighted by molar-refractivity contribution is 6.33. The van der Waals surface area contributed by atoms with Crippen LogP contribution in [0.25, 0.3) is 0 Å². The van der Waals surface area contributed by atoms with E-state index >= 15 is 0 Å². The van der Waals surface area contributed by atoms with E-state index in [1.807, 2.05) is 25.2 Å². The molecular weight excluding hydrogens is 301 g/mol. The second kappa shape index (κ2) is 6.39. The number of halogens is 2. The molecule has 1 aliphatic carbocycles. The van der Waals surface area contributed by atoms with Gasteiger partial charge >= 0.3 is 0 Å². The highest BCUT2D eigenvalue weighted by Crippen LogP contribution is 2.30. The van der Waals surface area contributed by atoms with Gasteiger partial charge in [-0.15, -0.1) is 0 Å². The van der Waals surface area contributed by atoms with Gasteiger partial charge in [-0.1, -0.05) is 41.4 Å². The molecule has 110 valence electrons. The predicted molar refractivity (Wildman–Crippen MR) is 90.4 cm³/mol. The zero-order valence-corrected chi connectivity index (χ0v) is 13.6. The van der Waals surface area contributed by atoms with Gasteiger partial charge in [0.25, 0.3) is 0 Å². The number of aryl methyl sites for hydroxylation is 2. The minimum absolute atomic E-state index is 0.177. The van der Waals surface area contributed by atoms with Crippen LogP contribution in [0.3, 0.4) is 0 Å². The number of nitrogens with one attached hydrogen (secondary N) is 1. The van der Waals surface area contributed by atoms with Crippen molar-refractivity contribution < 1.29 is 0 Å². The maximum atomic E-state index is 6.33.